The number of hydrogen-bond donors (Lipinski definition) is 1. The fourth-order valence-corrected chi connectivity index (χ4v) is 2.94. The van der Waals surface area contributed by atoms with Gasteiger partial charge in [-0.3, -0.25) is 4.68 Å². The number of fused-ring (bicyclic) bond motifs is 1. The van der Waals surface area contributed by atoms with Crippen LogP contribution < -0.4 is 5.73 Å². The lowest BCUT2D eigenvalue weighted by Gasteiger charge is -2.15. The maximum Gasteiger partial charge on any atom is 0.0521 e. The third-order valence-electron chi connectivity index (χ3n) is 3.97. The topological polar surface area (TPSA) is 43.8 Å². The summed E-state index contributed by atoms with van der Waals surface area (Å²) in [4.78, 5) is 0. The molecule has 18 heavy (non-hydrogen) atoms. The molecule has 0 saturated carbocycles. The first-order valence-corrected chi connectivity index (χ1v) is 6.55. The molecule has 0 aliphatic heterocycles. The molecule has 0 amide bonds. The molecule has 3 heteroatoms. The highest BCUT2D eigenvalue weighted by molar-refractivity contribution is 5.35. The van der Waals surface area contributed by atoms with Crippen LogP contribution in [0.25, 0.3) is 0 Å². The number of benzene rings is 1. The van der Waals surface area contributed by atoms with Gasteiger partial charge in [-0.05, 0) is 41.9 Å². The smallest absolute Gasteiger partial charge is 0.0521 e. The molecule has 94 valence electrons. The van der Waals surface area contributed by atoms with E-state index in [9.17, 15) is 0 Å². The van der Waals surface area contributed by atoms with Crippen LogP contribution in [0.1, 0.15) is 29.2 Å². The molecule has 2 atom stereocenters. The normalized spacial score (nSPS) is 22.1. The predicted octanol–water partition coefficient (Wildman–Crippen LogP) is 2.22. The minimum Gasteiger partial charge on any atom is -0.324 e. The van der Waals surface area contributed by atoms with Crippen molar-refractivity contribution in [3.05, 3.63) is 53.3 Å². The van der Waals surface area contributed by atoms with Crippen LogP contribution in [-0.4, -0.2) is 9.78 Å². The van der Waals surface area contributed by atoms with Crippen molar-refractivity contribution in [1.82, 2.24) is 9.78 Å². The molecule has 3 nitrogen and oxygen atoms in total. The maximum absolute atomic E-state index is 6.34. The molecule has 1 aromatic carbocycles. The summed E-state index contributed by atoms with van der Waals surface area (Å²) in [6, 6.07) is 8.78. The number of nitrogens with zero attached hydrogens (tertiary/aromatic N) is 2. The first kappa shape index (κ1) is 11.5. The average Bonchev–Trinajstić information content (AvgIpc) is 2.92. The Bertz CT molecular complexity index is 544. The Hall–Kier alpha value is -1.61. The van der Waals surface area contributed by atoms with E-state index in [4.69, 9.17) is 5.73 Å². The second-order valence-electron chi connectivity index (χ2n) is 5.25. The molecule has 0 bridgehead atoms. The van der Waals surface area contributed by atoms with Crippen LogP contribution in [-0.2, 0) is 19.9 Å². The average molecular weight is 241 g/mol. The highest BCUT2D eigenvalue weighted by Crippen LogP contribution is 2.36. The first-order chi connectivity index (χ1) is 8.74. The Morgan fingerprint density at radius 1 is 1.39 bits per heavy atom. The van der Waals surface area contributed by atoms with Gasteiger partial charge in [-0.1, -0.05) is 24.3 Å². The van der Waals surface area contributed by atoms with E-state index in [1.165, 1.54) is 16.7 Å². The van der Waals surface area contributed by atoms with Gasteiger partial charge in [0, 0.05) is 19.3 Å². The fourth-order valence-electron chi connectivity index (χ4n) is 2.94. The van der Waals surface area contributed by atoms with E-state index in [0.717, 1.165) is 19.3 Å². The molecule has 2 N–H and O–H groups in total. The van der Waals surface area contributed by atoms with Crippen molar-refractivity contribution >= 4 is 0 Å². The molecule has 1 aromatic heterocycles. The van der Waals surface area contributed by atoms with Crippen molar-refractivity contribution in [3.8, 4) is 0 Å². The minimum atomic E-state index is 0.206. The number of aromatic nitrogens is 2. The second-order valence-corrected chi connectivity index (χ2v) is 5.25. The van der Waals surface area contributed by atoms with Crippen molar-refractivity contribution in [3.63, 3.8) is 0 Å². The van der Waals surface area contributed by atoms with E-state index in [1.807, 2.05) is 17.9 Å². The molecule has 2 unspecified atom stereocenters. The van der Waals surface area contributed by atoms with E-state index >= 15 is 0 Å². The van der Waals surface area contributed by atoms with E-state index in [1.54, 1.807) is 0 Å². The highest BCUT2D eigenvalue weighted by Gasteiger charge is 2.28. The zero-order valence-corrected chi connectivity index (χ0v) is 10.7. The summed E-state index contributed by atoms with van der Waals surface area (Å²) in [6.45, 7) is 0. The molecule has 1 aliphatic rings. The van der Waals surface area contributed by atoms with Crippen LogP contribution in [0.15, 0.2) is 36.7 Å². The number of rotatable bonds is 3. The van der Waals surface area contributed by atoms with E-state index in [2.05, 4.69) is 35.6 Å². The molecule has 1 aliphatic carbocycles. The Labute approximate surface area is 108 Å². The Morgan fingerprint density at radius 2 is 2.22 bits per heavy atom. The van der Waals surface area contributed by atoms with Crippen LogP contribution >= 0.6 is 0 Å². The number of hydrogen-bond acceptors (Lipinski definition) is 2. The largest absolute Gasteiger partial charge is 0.324 e. The lowest BCUT2D eigenvalue weighted by Crippen LogP contribution is -2.17. The summed E-state index contributed by atoms with van der Waals surface area (Å²) in [6.07, 6.45) is 7.38. The van der Waals surface area contributed by atoms with Crippen molar-refractivity contribution in [2.24, 2.45) is 18.7 Å². The minimum absolute atomic E-state index is 0.206. The van der Waals surface area contributed by atoms with Gasteiger partial charge in [0.25, 0.3) is 0 Å². The van der Waals surface area contributed by atoms with Gasteiger partial charge in [0.15, 0.2) is 0 Å². The molecule has 0 saturated heterocycles. The Morgan fingerprint density at radius 3 is 2.94 bits per heavy atom. The summed E-state index contributed by atoms with van der Waals surface area (Å²) in [5.41, 5.74) is 10.4. The van der Waals surface area contributed by atoms with Gasteiger partial charge in [-0.15, -0.1) is 0 Å². The van der Waals surface area contributed by atoms with E-state index < -0.39 is 0 Å². The standard InChI is InChI=1S/C15H19N3/c1-18-10-11(9-17-18)6-7-13-8-12-4-2-3-5-14(12)15(13)16/h2-5,9-10,13,15H,6-8,16H2,1H3. The molecular weight excluding hydrogens is 222 g/mol. The Balaban J connectivity index is 1.66. The summed E-state index contributed by atoms with van der Waals surface area (Å²) < 4.78 is 1.86. The van der Waals surface area contributed by atoms with Gasteiger partial charge in [-0.25, -0.2) is 0 Å². The molecule has 0 fully saturated rings. The maximum atomic E-state index is 6.34. The SMILES string of the molecule is Cn1cc(CCC2Cc3ccccc3C2N)cn1. The van der Waals surface area contributed by atoms with Crippen LogP contribution in [0.4, 0.5) is 0 Å². The van der Waals surface area contributed by atoms with Crippen molar-refractivity contribution in [2.75, 3.05) is 0 Å². The quantitative estimate of drug-likeness (QED) is 0.895. The second kappa shape index (κ2) is 4.58. The van der Waals surface area contributed by atoms with Crippen molar-refractivity contribution in [1.29, 1.82) is 0 Å². The zero-order valence-electron chi connectivity index (χ0n) is 10.7. The lowest BCUT2D eigenvalue weighted by molar-refractivity contribution is 0.434. The fraction of sp³-hybridized carbons (Fsp3) is 0.400. The Kier molecular flexibility index (Phi) is 2.92. The summed E-state index contributed by atoms with van der Waals surface area (Å²) in [7, 11) is 1.96. The first-order valence-electron chi connectivity index (χ1n) is 6.55. The van der Waals surface area contributed by atoms with Crippen LogP contribution in [0, 0.1) is 5.92 Å². The molecule has 3 rings (SSSR count). The highest BCUT2D eigenvalue weighted by atomic mass is 15.2. The lowest BCUT2D eigenvalue weighted by atomic mass is 9.94. The van der Waals surface area contributed by atoms with Gasteiger partial charge in [0.05, 0.1) is 6.20 Å². The predicted molar refractivity (Wildman–Crippen MR) is 72.1 cm³/mol. The van der Waals surface area contributed by atoms with E-state index in [0.29, 0.717) is 5.92 Å². The molecule has 0 radical (unpaired) electrons. The summed E-state index contributed by atoms with van der Waals surface area (Å²) in [5.74, 6) is 0.572. The van der Waals surface area contributed by atoms with Gasteiger partial charge >= 0.3 is 0 Å². The summed E-state index contributed by atoms with van der Waals surface area (Å²) in [5, 5.41) is 4.21. The van der Waals surface area contributed by atoms with Crippen LogP contribution in [0.2, 0.25) is 0 Å². The number of nitrogens with two attached hydrogens (primary N) is 1. The monoisotopic (exact) mass is 241 g/mol. The van der Waals surface area contributed by atoms with Gasteiger partial charge in [-0.2, -0.15) is 5.10 Å². The molecule has 2 aromatic rings. The van der Waals surface area contributed by atoms with Crippen molar-refractivity contribution in [2.45, 2.75) is 25.3 Å². The van der Waals surface area contributed by atoms with Gasteiger partial charge < -0.3 is 5.73 Å². The number of aryl methyl sites for hydroxylation is 2. The summed E-state index contributed by atoms with van der Waals surface area (Å²) >= 11 is 0. The zero-order chi connectivity index (χ0) is 12.5. The van der Waals surface area contributed by atoms with Gasteiger partial charge in [0.1, 0.15) is 0 Å². The molecule has 0 spiro atoms. The third-order valence-corrected chi connectivity index (χ3v) is 3.97. The molecular formula is C15H19N3. The third kappa shape index (κ3) is 2.06. The van der Waals surface area contributed by atoms with Crippen molar-refractivity contribution < 1.29 is 0 Å². The van der Waals surface area contributed by atoms with Gasteiger partial charge in [0.2, 0.25) is 0 Å². The molecule has 1 heterocycles. The van der Waals surface area contributed by atoms with E-state index in [-0.39, 0.29) is 6.04 Å². The van der Waals surface area contributed by atoms with Crippen LogP contribution in [0.3, 0.4) is 0 Å². The van der Waals surface area contributed by atoms with Crippen LogP contribution in [0.5, 0.6) is 0 Å².